The van der Waals surface area contributed by atoms with Gasteiger partial charge >= 0.3 is 0 Å². The zero-order valence-electron chi connectivity index (χ0n) is 15.9. The lowest BCUT2D eigenvalue weighted by molar-refractivity contribution is -0.138. The van der Waals surface area contributed by atoms with Crippen LogP contribution in [0.3, 0.4) is 0 Å². The second kappa shape index (κ2) is 9.48. The summed E-state index contributed by atoms with van der Waals surface area (Å²) in [4.78, 5) is 31.1. The highest BCUT2D eigenvalue weighted by atomic mass is 32.1. The summed E-state index contributed by atoms with van der Waals surface area (Å²) in [6.07, 6.45) is 0.766. The lowest BCUT2D eigenvalue weighted by atomic mass is 10.1. The molecule has 1 N–H and O–H groups in total. The molecule has 26 heavy (non-hydrogen) atoms. The third-order valence-electron chi connectivity index (χ3n) is 4.09. The maximum atomic E-state index is 12.5. The first kappa shape index (κ1) is 20.1. The van der Waals surface area contributed by atoms with Crippen LogP contribution in [0, 0.1) is 11.8 Å². The smallest absolute Gasteiger partial charge is 0.245 e. The Morgan fingerprint density at radius 1 is 1.19 bits per heavy atom. The van der Waals surface area contributed by atoms with E-state index in [4.69, 9.17) is 0 Å². The van der Waals surface area contributed by atoms with Crippen molar-refractivity contribution in [3.8, 4) is 11.3 Å². The second-order valence-corrected chi connectivity index (χ2v) is 7.73. The number of benzene rings is 1. The summed E-state index contributed by atoms with van der Waals surface area (Å²) < 4.78 is 0. The van der Waals surface area contributed by atoms with E-state index in [2.05, 4.69) is 10.3 Å². The summed E-state index contributed by atoms with van der Waals surface area (Å²) >= 11 is 1.39. The van der Waals surface area contributed by atoms with E-state index in [1.807, 2.05) is 63.4 Å². The van der Waals surface area contributed by atoms with Crippen LogP contribution in [0.2, 0.25) is 0 Å². The number of carbonyl (C=O) groups is 2. The van der Waals surface area contributed by atoms with Gasteiger partial charge in [0.15, 0.2) is 5.13 Å². The van der Waals surface area contributed by atoms with E-state index >= 15 is 0 Å². The largest absolute Gasteiger partial charge is 0.333 e. The van der Waals surface area contributed by atoms with E-state index in [1.165, 1.54) is 11.3 Å². The molecule has 0 saturated carbocycles. The molecule has 0 bridgehead atoms. The van der Waals surface area contributed by atoms with Crippen molar-refractivity contribution in [3.05, 3.63) is 35.7 Å². The van der Waals surface area contributed by atoms with E-state index in [1.54, 1.807) is 4.90 Å². The van der Waals surface area contributed by atoms with Gasteiger partial charge in [-0.2, -0.15) is 0 Å². The molecule has 6 heteroatoms. The van der Waals surface area contributed by atoms with Crippen LogP contribution < -0.4 is 5.32 Å². The van der Waals surface area contributed by atoms with Crippen LogP contribution in [0.4, 0.5) is 5.13 Å². The van der Waals surface area contributed by atoms with Gasteiger partial charge in [-0.1, -0.05) is 58.0 Å². The predicted molar refractivity (Wildman–Crippen MR) is 107 cm³/mol. The average molecular weight is 374 g/mol. The van der Waals surface area contributed by atoms with Crippen LogP contribution in [0.1, 0.15) is 34.1 Å². The first-order chi connectivity index (χ1) is 12.4. The Balaban J connectivity index is 2.01. The van der Waals surface area contributed by atoms with E-state index < -0.39 is 0 Å². The summed E-state index contributed by atoms with van der Waals surface area (Å²) in [6, 6.07) is 9.83. The van der Waals surface area contributed by atoms with Gasteiger partial charge in [-0.05, 0) is 12.3 Å². The molecular weight excluding hydrogens is 346 g/mol. The highest BCUT2D eigenvalue weighted by molar-refractivity contribution is 7.14. The monoisotopic (exact) mass is 373 g/mol. The van der Waals surface area contributed by atoms with Gasteiger partial charge in [-0.3, -0.25) is 9.59 Å². The third kappa shape index (κ3) is 5.66. The molecule has 0 unspecified atom stereocenters. The van der Waals surface area contributed by atoms with Gasteiger partial charge in [0, 0.05) is 23.4 Å². The minimum Gasteiger partial charge on any atom is -0.333 e. The van der Waals surface area contributed by atoms with Gasteiger partial charge in [0.05, 0.1) is 12.2 Å². The molecule has 5 nitrogen and oxygen atoms in total. The molecule has 2 amide bonds. The quantitative estimate of drug-likeness (QED) is 0.751. The van der Waals surface area contributed by atoms with Crippen LogP contribution in [0.5, 0.6) is 0 Å². The van der Waals surface area contributed by atoms with Crippen LogP contribution in [0.25, 0.3) is 11.3 Å². The van der Waals surface area contributed by atoms with Crippen LogP contribution in [0.15, 0.2) is 35.7 Å². The molecule has 140 valence electrons. The van der Waals surface area contributed by atoms with Gasteiger partial charge < -0.3 is 10.2 Å². The molecule has 2 aromatic rings. The maximum absolute atomic E-state index is 12.5. The fourth-order valence-corrected chi connectivity index (χ4v) is 3.30. The lowest BCUT2D eigenvalue weighted by Crippen LogP contribution is -2.42. The van der Waals surface area contributed by atoms with Crippen LogP contribution >= 0.6 is 11.3 Å². The highest BCUT2D eigenvalue weighted by Gasteiger charge is 2.22. The van der Waals surface area contributed by atoms with Crippen LogP contribution in [-0.4, -0.2) is 34.8 Å². The van der Waals surface area contributed by atoms with Crippen molar-refractivity contribution in [2.24, 2.45) is 11.8 Å². The molecule has 1 aromatic carbocycles. The minimum atomic E-state index is -0.212. The number of anilines is 1. The summed E-state index contributed by atoms with van der Waals surface area (Å²) in [7, 11) is 0. The van der Waals surface area contributed by atoms with Crippen molar-refractivity contribution >= 4 is 28.3 Å². The fraction of sp³-hybridized carbons (Fsp3) is 0.450. The highest BCUT2D eigenvalue weighted by Crippen LogP contribution is 2.24. The van der Waals surface area contributed by atoms with Crippen molar-refractivity contribution in [1.29, 1.82) is 0 Å². The molecule has 0 fully saturated rings. The van der Waals surface area contributed by atoms with Crippen molar-refractivity contribution < 1.29 is 9.59 Å². The maximum Gasteiger partial charge on any atom is 0.245 e. The van der Waals surface area contributed by atoms with E-state index in [0.717, 1.165) is 17.7 Å². The van der Waals surface area contributed by atoms with Crippen LogP contribution in [-0.2, 0) is 9.59 Å². The minimum absolute atomic E-state index is 0.0282. The Hall–Kier alpha value is -2.21. The number of aromatic nitrogens is 1. The van der Waals surface area contributed by atoms with Crippen molar-refractivity contribution in [2.75, 3.05) is 18.4 Å². The SMILES string of the molecule is CC[C@@H](C)C(=O)N(CC(=O)Nc1nc(-c2ccccc2)cs1)CC(C)C. The number of hydrogen-bond acceptors (Lipinski definition) is 4. The molecule has 0 aliphatic carbocycles. The van der Waals surface area contributed by atoms with Gasteiger partial charge in [-0.15, -0.1) is 11.3 Å². The van der Waals surface area contributed by atoms with Crippen molar-refractivity contribution in [1.82, 2.24) is 9.88 Å². The van der Waals surface area contributed by atoms with E-state index in [9.17, 15) is 9.59 Å². The first-order valence-electron chi connectivity index (χ1n) is 9.00. The van der Waals surface area contributed by atoms with Gasteiger partial charge in [0.1, 0.15) is 0 Å². The Labute approximate surface area is 159 Å². The summed E-state index contributed by atoms with van der Waals surface area (Å²) in [5.74, 6) is 0.0446. The Kier molecular flexibility index (Phi) is 7.33. The van der Waals surface area contributed by atoms with Gasteiger partial charge in [0.2, 0.25) is 11.8 Å². The molecular formula is C20H27N3O2S. The third-order valence-corrected chi connectivity index (χ3v) is 4.84. The predicted octanol–water partition coefficient (Wildman–Crippen LogP) is 4.28. The molecule has 1 heterocycles. The number of nitrogens with zero attached hydrogens (tertiary/aromatic N) is 2. The summed E-state index contributed by atoms with van der Waals surface area (Å²) in [5.41, 5.74) is 1.85. The fourth-order valence-electron chi connectivity index (χ4n) is 2.56. The second-order valence-electron chi connectivity index (χ2n) is 6.87. The molecule has 0 spiro atoms. The van der Waals surface area contributed by atoms with Crippen molar-refractivity contribution in [2.45, 2.75) is 34.1 Å². The Morgan fingerprint density at radius 2 is 1.88 bits per heavy atom. The molecule has 1 atom stereocenters. The Morgan fingerprint density at radius 3 is 2.50 bits per heavy atom. The van der Waals surface area contributed by atoms with Gasteiger partial charge in [-0.25, -0.2) is 4.98 Å². The van der Waals surface area contributed by atoms with Crippen molar-refractivity contribution in [3.63, 3.8) is 0 Å². The first-order valence-corrected chi connectivity index (χ1v) is 9.88. The number of amides is 2. The normalized spacial score (nSPS) is 12.0. The Bertz CT molecular complexity index is 728. The number of carbonyl (C=O) groups excluding carboxylic acids is 2. The van der Waals surface area contributed by atoms with E-state index in [-0.39, 0.29) is 24.3 Å². The molecule has 0 radical (unpaired) electrons. The summed E-state index contributed by atoms with van der Waals surface area (Å²) in [5, 5.41) is 5.29. The molecule has 2 rings (SSSR count). The van der Waals surface area contributed by atoms with E-state index in [0.29, 0.717) is 17.6 Å². The standard InChI is InChI=1S/C20H27N3O2S/c1-5-15(4)19(25)23(11-14(2)3)12-18(24)22-20-21-17(13-26-20)16-9-7-6-8-10-16/h6-10,13-15H,5,11-12H2,1-4H3,(H,21,22,24)/t15-/m1/s1. The number of rotatable bonds is 8. The topological polar surface area (TPSA) is 62.3 Å². The number of thiazole rings is 1. The molecule has 0 aliphatic rings. The number of nitrogens with one attached hydrogen (secondary N) is 1. The average Bonchev–Trinajstić information content (AvgIpc) is 3.08. The molecule has 0 aliphatic heterocycles. The summed E-state index contributed by atoms with van der Waals surface area (Å²) in [6.45, 7) is 8.60. The number of hydrogen-bond donors (Lipinski definition) is 1. The lowest BCUT2D eigenvalue weighted by Gasteiger charge is -2.26. The molecule has 0 saturated heterocycles. The zero-order valence-corrected chi connectivity index (χ0v) is 16.7. The zero-order chi connectivity index (χ0) is 19.1. The molecule has 1 aromatic heterocycles. The van der Waals surface area contributed by atoms with Gasteiger partial charge in [0.25, 0.3) is 0 Å².